The van der Waals surface area contributed by atoms with E-state index in [0.717, 1.165) is 37.7 Å². The Morgan fingerprint density at radius 1 is 1.14 bits per heavy atom. The highest BCUT2D eigenvalue weighted by atomic mass is 35.5. The van der Waals surface area contributed by atoms with Gasteiger partial charge < -0.3 is 24.8 Å². The Kier molecular flexibility index (Phi) is 7.32. The van der Waals surface area contributed by atoms with E-state index in [0.29, 0.717) is 22.6 Å². The molecule has 0 aromatic heterocycles. The number of benzene rings is 1. The van der Waals surface area contributed by atoms with Gasteiger partial charge in [0.1, 0.15) is 24.4 Å². The van der Waals surface area contributed by atoms with Crippen LogP contribution in [-0.4, -0.2) is 52.9 Å². The predicted octanol–water partition coefficient (Wildman–Crippen LogP) is 2.52. The first-order chi connectivity index (χ1) is 13.4. The lowest BCUT2D eigenvalue weighted by molar-refractivity contribution is -0.223. The summed E-state index contributed by atoms with van der Waals surface area (Å²) in [7, 11) is 1.76. The van der Waals surface area contributed by atoms with Crippen molar-refractivity contribution in [1.82, 2.24) is 0 Å². The molecule has 1 aromatic rings. The molecule has 0 amide bonds. The average molecular weight is 410 g/mol. The molecule has 3 N–H and O–H groups in total. The van der Waals surface area contributed by atoms with Gasteiger partial charge >= 0.3 is 0 Å². The lowest BCUT2D eigenvalue weighted by Gasteiger charge is -2.40. The van der Waals surface area contributed by atoms with Gasteiger partial charge in [0.25, 0.3) is 0 Å². The number of nitrogens with zero attached hydrogens (tertiary/aromatic N) is 1. The van der Waals surface area contributed by atoms with E-state index in [1.807, 2.05) is 12.1 Å². The SMILES string of the molecule is COC1CCC(Cc2cc([C@@H]3O[C@H](CC#N)[C@@H](O)[C@H](O)[C@H]3O)ccc2Cl)CC1. The van der Waals surface area contributed by atoms with Crippen LogP contribution >= 0.6 is 11.6 Å². The number of hydrogen-bond acceptors (Lipinski definition) is 6. The van der Waals surface area contributed by atoms with Gasteiger partial charge in [-0.1, -0.05) is 23.7 Å². The molecule has 1 heterocycles. The average Bonchev–Trinajstić information content (AvgIpc) is 2.71. The number of ether oxygens (including phenoxy) is 2. The molecule has 7 heteroatoms. The minimum absolute atomic E-state index is 0.0648. The van der Waals surface area contributed by atoms with Gasteiger partial charge in [-0.2, -0.15) is 5.26 Å². The number of rotatable bonds is 5. The van der Waals surface area contributed by atoms with Crippen molar-refractivity contribution >= 4 is 11.6 Å². The molecule has 28 heavy (non-hydrogen) atoms. The summed E-state index contributed by atoms with van der Waals surface area (Å²) in [6.45, 7) is 0. The summed E-state index contributed by atoms with van der Waals surface area (Å²) in [5, 5.41) is 40.2. The Morgan fingerprint density at radius 3 is 2.50 bits per heavy atom. The molecule has 0 spiro atoms. The molecule has 3 rings (SSSR count). The minimum Gasteiger partial charge on any atom is -0.388 e. The summed E-state index contributed by atoms with van der Waals surface area (Å²) in [5.41, 5.74) is 1.67. The molecule has 1 aromatic carbocycles. The second-order valence-electron chi connectivity index (χ2n) is 7.86. The normalized spacial score (nSPS) is 36.1. The molecule has 2 fully saturated rings. The molecule has 0 bridgehead atoms. The summed E-state index contributed by atoms with van der Waals surface area (Å²) in [6, 6.07) is 7.40. The summed E-state index contributed by atoms with van der Waals surface area (Å²) >= 11 is 6.42. The third-order valence-corrected chi connectivity index (χ3v) is 6.41. The predicted molar refractivity (Wildman–Crippen MR) is 104 cm³/mol. The van der Waals surface area contributed by atoms with E-state index in [4.69, 9.17) is 26.3 Å². The van der Waals surface area contributed by atoms with Crippen LogP contribution in [0.15, 0.2) is 18.2 Å². The number of aliphatic hydroxyl groups excluding tert-OH is 3. The highest BCUT2D eigenvalue weighted by molar-refractivity contribution is 6.31. The van der Waals surface area contributed by atoms with Crippen molar-refractivity contribution in [1.29, 1.82) is 5.26 Å². The molecule has 1 aliphatic carbocycles. The zero-order valence-corrected chi connectivity index (χ0v) is 16.8. The first kappa shape index (κ1) is 21.5. The van der Waals surface area contributed by atoms with E-state index in [2.05, 4.69) is 0 Å². The monoisotopic (exact) mass is 409 g/mol. The quantitative estimate of drug-likeness (QED) is 0.690. The van der Waals surface area contributed by atoms with Crippen molar-refractivity contribution in [2.75, 3.05) is 7.11 Å². The molecule has 1 saturated carbocycles. The zero-order chi connectivity index (χ0) is 20.3. The van der Waals surface area contributed by atoms with Crippen molar-refractivity contribution < 1.29 is 24.8 Å². The van der Waals surface area contributed by atoms with Crippen molar-refractivity contribution in [2.45, 2.75) is 75.1 Å². The van der Waals surface area contributed by atoms with Gasteiger partial charge in [-0.3, -0.25) is 0 Å². The molecule has 6 nitrogen and oxygen atoms in total. The molecule has 2 aliphatic rings. The van der Waals surface area contributed by atoms with E-state index < -0.39 is 30.5 Å². The molecular weight excluding hydrogens is 382 g/mol. The fourth-order valence-corrected chi connectivity index (χ4v) is 4.49. The Hall–Kier alpha value is -1.20. The maximum atomic E-state index is 10.4. The number of nitriles is 1. The van der Waals surface area contributed by atoms with E-state index in [1.54, 1.807) is 19.2 Å². The second kappa shape index (κ2) is 9.53. The van der Waals surface area contributed by atoms with Crippen molar-refractivity contribution in [3.8, 4) is 6.07 Å². The first-order valence-corrected chi connectivity index (χ1v) is 10.2. The number of aliphatic hydroxyl groups is 3. The molecular formula is C21H28ClNO5. The Bertz CT molecular complexity index is 701. The lowest BCUT2D eigenvalue weighted by atomic mass is 9.82. The van der Waals surface area contributed by atoms with Gasteiger partial charge in [0.15, 0.2) is 0 Å². The second-order valence-corrected chi connectivity index (χ2v) is 8.27. The van der Waals surface area contributed by atoms with Crippen LogP contribution in [0, 0.1) is 17.2 Å². The van der Waals surface area contributed by atoms with Gasteiger partial charge in [-0.25, -0.2) is 0 Å². The van der Waals surface area contributed by atoms with Crippen molar-refractivity contribution in [3.63, 3.8) is 0 Å². The van der Waals surface area contributed by atoms with Gasteiger partial charge in [-0.05, 0) is 55.2 Å². The fourth-order valence-electron chi connectivity index (χ4n) is 4.30. The summed E-state index contributed by atoms with van der Waals surface area (Å²) < 4.78 is 11.2. The Morgan fingerprint density at radius 2 is 1.86 bits per heavy atom. The third-order valence-electron chi connectivity index (χ3n) is 6.04. The number of methoxy groups -OCH3 is 1. The van der Waals surface area contributed by atoms with Gasteiger partial charge in [0.2, 0.25) is 0 Å². The van der Waals surface area contributed by atoms with E-state index in [1.165, 1.54) is 0 Å². The molecule has 0 radical (unpaired) electrons. The van der Waals surface area contributed by atoms with Crippen molar-refractivity contribution in [3.05, 3.63) is 34.3 Å². The maximum Gasteiger partial charge on any atom is 0.113 e. The van der Waals surface area contributed by atoms with Gasteiger partial charge in [0, 0.05) is 12.1 Å². The number of halogens is 1. The molecule has 154 valence electrons. The van der Waals surface area contributed by atoms with Crippen molar-refractivity contribution in [2.24, 2.45) is 5.92 Å². The van der Waals surface area contributed by atoms with Crippen LogP contribution in [0.2, 0.25) is 5.02 Å². The van der Waals surface area contributed by atoms with Gasteiger partial charge in [-0.15, -0.1) is 0 Å². The third kappa shape index (κ3) is 4.68. The topological polar surface area (TPSA) is 103 Å². The highest BCUT2D eigenvalue weighted by Gasteiger charge is 2.44. The van der Waals surface area contributed by atoms with E-state index in [-0.39, 0.29) is 6.42 Å². The smallest absolute Gasteiger partial charge is 0.113 e. The van der Waals surface area contributed by atoms with E-state index in [9.17, 15) is 15.3 Å². The largest absolute Gasteiger partial charge is 0.388 e. The Balaban J connectivity index is 1.75. The van der Waals surface area contributed by atoms with Gasteiger partial charge in [0.05, 0.1) is 24.7 Å². The standard InChI is InChI=1S/C21H28ClNO5/c1-27-15-5-2-12(3-6-15)10-14-11-13(4-7-16(14)22)21-20(26)19(25)18(24)17(28-21)8-9-23/h4,7,11-12,15,17-21,24-26H,2-3,5-6,8,10H2,1H3/t12?,15?,17-,18-,19+,20-,21+/m1/s1. The Labute approximate surface area is 170 Å². The minimum atomic E-state index is -1.37. The van der Waals surface area contributed by atoms with Crippen LogP contribution in [0.25, 0.3) is 0 Å². The van der Waals surface area contributed by atoms with Crippen LogP contribution in [0.1, 0.15) is 49.3 Å². The highest BCUT2D eigenvalue weighted by Crippen LogP contribution is 2.36. The van der Waals surface area contributed by atoms with Crippen LogP contribution < -0.4 is 0 Å². The van der Waals surface area contributed by atoms with Crippen LogP contribution in [0.5, 0.6) is 0 Å². The van der Waals surface area contributed by atoms with Crippen LogP contribution in [-0.2, 0) is 15.9 Å². The molecule has 0 unspecified atom stereocenters. The summed E-state index contributed by atoms with van der Waals surface area (Å²) in [5.74, 6) is 0.523. The van der Waals surface area contributed by atoms with Crippen LogP contribution in [0.4, 0.5) is 0 Å². The zero-order valence-electron chi connectivity index (χ0n) is 16.0. The van der Waals surface area contributed by atoms with E-state index >= 15 is 0 Å². The first-order valence-electron chi connectivity index (χ1n) is 9.82. The molecule has 5 atom stereocenters. The fraction of sp³-hybridized carbons (Fsp3) is 0.667. The summed E-state index contributed by atoms with van der Waals surface area (Å²) in [4.78, 5) is 0. The summed E-state index contributed by atoms with van der Waals surface area (Å²) in [6.07, 6.45) is -0.268. The maximum absolute atomic E-state index is 10.4. The lowest BCUT2D eigenvalue weighted by Crippen LogP contribution is -2.54. The molecule has 1 saturated heterocycles. The number of hydrogen-bond donors (Lipinski definition) is 3. The molecule has 1 aliphatic heterocycles. The van der Waals surface area contributed by atoms with Crippen LogP contribution in [0.3, 0.4) is 0 Å².